The number of carbonyl (C=O) groups is 3. The van der Waals surface area contributed by atoms with Gasteiger partial charge >= 0.3 is 0 Å². The lowest BCUT2D eigenvalue weighted by Crippen LogP contribution is -2.47. The molecule has 2 saturated heterocycles. The fourth-order valence-electron chi connectivity index (χ4n) is 4.24. The molecule has 1 N–H and O–H groups in total. The van der Waals surface area contributed by atoms with Crippen molar-refractivity contribution in [3.63, 3.8) is 0 Å². The molecule has 1 aromatic carbocycles. The van der Waals surface area contributed by atoms with Crippen LogP contribution in [0.3, 0.4) is 0 Å². The first-order chi connectivity index (χ1) is 15.0. The first-order valence-corrected chi connectivity index (χ1v) is 10.8. The molecular weight excluding hydrogens is 402 g/mol. The molecule has 0 aromatic heterocycles. The molecule has 0 radical (unpaired) electrons. The molecule has 0 bridgehead atoms. The van der Waals surface area contributed by atoms with Gasteiger partial charge in [0.2, 0.25) is 18.6 Å². The lowest BCUT2D eigenvalue weighted by molar-refractivity contribution is -0.134. The smallest absolute Gasteiger partial charge is 0.236 e. The fraction of sp³-hybridized carbons (Fsp3) is 0.591. The third-order valence-electron chi connectivity index (χ3n) is 6.07. The zero-order valence-corrected chi connectivity index (χ0v) is 17.9. The van der Waals surface area contributed by atoms with Gasteiger partial charge in [0.05, 0.1) is 25.4 Å². The highest BCUT2D eigenvalue weighted by Crippen LogP contribution is 2.37. The number of carbonyl (C=O) groups excluding carboxylic acids is 3. The van der Waals surface area contributed by atoms with E-state index in [1.807, 2.05) is 4.90 Å². The summed E-state index contributed by atoms with van der Waals surface area (Å²) in [5, 5.41) is 2.86. The maximum Gasteiger partial charge on any atom is 0.236 e. The summed E-state index contributed by atoms with van der Waals surface area (Å²) in [5.41, 5.74) is 0.848. The van der Waals surface area contributed by atoms with Crippen LogP contribution in [0, 0.1) is 5.92 Å². The molecule has 3 aliphatic heterocycles. The van der Waals surface area contributed by atoms with E-state index >= 15 is 0 Å². The molecule has 9 heteroatoms. The molecule has 0 atom stereocenters. The zero-order chi connectivity index (χ0) is 21.8. The second-order valence-corrected chi connectivity index (χ2v) is 8.27. The van der Waals surface area contributed by atoms with Crippen molar-refractivity contribution >= 4 is 23.3 Å². The first-order valence-electron chi connectivity index (χ1n) is 10.8. The molecule has 0 aliphatic carbocycles. The average molecular weight is 431 g/mol. The van der Waals surface area contributed by atoms with E-state index in [-0.39, 0.29) is 30.3 Å². The summed E-state index contributed by atoms with van der Waals surface area (Å²) >= 11 is 0. The van der Waals surface area contributed by atoms with Crippen LogP contribution in [0.4, 0.5) is 5.69 Å². The SMILES string of the molecule is CC(=O)c1cc2c(cc1NC(=O)CC1CCN(C(=O)CN3CCOCC3)CC1)OCO2. The van der Waals surface area contributed by atoms with Gasteiger partial charge in [-0.1, -0.05) is 0 Å². The summed E-state index contributed by atoms with van der Waals surface area (Å²) in [5.74, 6) is 1.10. The Kier molecular flexibility index (Phi) is 6.72. The zero-order valence-electron chi connectivity index (χ0n) is 17.9. The first kappa shape index (κ1) is 21.6. The number of amides is 2. The Morgan fingerprint density at radius 1 is 1.03 bits per heavy atom. The molecule has 0 unspecified atom stereocenters. The molecule has 168 valence electrons. The number of nitrogens with one attached hydrogen (secondary N) is 1. The Balaban J connectivity index is 1.27. The van der Waals surface area contributed by atoms with E-state index in [0.717, 1.165) is 25.9 Å². The molecule has 4 rings (SSSR count). The lowest BCUT2D eigenvalue weighted by Gasteiger charge is -2.34. The highest BCUT2D eigenvalue weighted by molar-refractivity contribution is 6.04. The largest absolute Gasteiger partial charge is 0.454 e. The minimum Gasteiger partial charge on any atom is -0.454 e. The minimum absolute atomic E-state index is 0.104. The summed E-state index contributed by atoms with van der Waals surface area (Å²) in [7, 11) is 0. The van der Waals surface area contributed by atoms with Gasteiger partial charge in [0.1, 0.15) is 0 Å². The maximum atomic E-state index is 12.6. The van der Waals surface area contributed by atoms with Gasteiger partial charge < -0.3 is 24.4 Å². The molecule has 9 nitrogen and oxygen atoms in total. The van der Waals surface area contributed by atoms with E-state index in [0.29, 0.717) is 62.0 Å². The van der Waals surface area contributed by atoms with Crippen molar-refractivity contribution < 1.29 is 28.6 Å². The number of benzene rings is 1. The highest BCUT2D eigenvalue weighted by atomic mass is 16.7. The van der Waals surface area contributed by atoms with Crippen LogP contribution < -0.4 is 14.8 Å². The summed E-state index contributed by atoms with van der Waals surface area (Å²) < 4.78 is 16.0. The fourth-order valence-corrected chi connectivity index (χ4v) is 4.24. The molecular formula is C22H29N3O6. The summed E-state index contributed by atoms with van der Waals surface area (Å²) in [6, 6.07) is 3.25. The lowest BCUT2D eigenvalue weighted by atomic mass is 9.93. The number of fused-ring (bicyclic) bond motifs is 1. The summed E-state index contributed by atoms with van der Waals surface area (Å²) in [6.07, 6.45) is 1.95. The van der Waals surface area contributed by atoms with Crippen molar-refractivity contribution in [3.05, 3.63) is 17.7 Å². The molecule has 2 fully saturated rings. The third-order valence-corrected chi connectivity index (χ3v) is 6.07. The van der Waals surface area contributed by atoms with E-state index in [1.54, 1.807) is 12.1 Å². The Labute approximate surface area is 181 Å². The normalized spacial score (nSPS) is 19.3. The number of ketones is 1. The van der Waals surface area contributed by atoms with Gasteiger partial charge in [0.15, 0.2) is 17.3 Å². The van der Waals surface area contributed by atoms with Crippen molar-refractivity contribution in [3.8, 4) is 11.5 Å². The van der Waals surface area contributed by atoms with Crippen LogP contribution in [0.25, 0.3) is 0 Å². The molecule has 0 saturated carbocycles. The summed E-state index contributed by atoms with van der Waals surface area (Å²) in [4.78, 5) is 41.2. The number of anilines is 1. The van der Waals surface area contributed by atoms with Crippen LogP contribution >= 0.6 is 0 Å². The van der Waals surface area contributed by atoms with Gasteiger partial charge in [0.25, 0.3) is 0 Å². The molecule has 31 heavy (non-hydrogen) atoms. The molecule has 0 spiro atoms. The van der Waals surface area contributed by atoms with E-state index in [2.05, 4.69) is 10.2 Å². The van der Waals surface area contributed by atoms with E-state index in [9.17, 15) is 14.4 Å². The van der Waals surface area contributed by atoms with Crippen LogP contribution in [-0.2, 0) is 14.3 Å². The van der Waals surface area contributed by atoms with Gasteiger partial charge in [-0.15, -0.1) is 0 Å². The standard InChI is InChI=1S/C22H29N3O6/c1-15(26)17-11-19-20(31-14-30-19)12-18(17)23-21(27)10-16-2-4-25(5-3-16)22(28)13-24-6-8-29-9-7-24/h11-12,16H,2-10,13-14H2,1H3,(H,23,27). The monoisotopic (exact) mass is 431 g/mol. The van der Waals surface area contributed by atoms with Gasteiger partial charge in [-0.3, -0.25) is 19.3 Å². The van der Waals surface area contributed by atoms with Gasteiger partial charge in [-0.05, 0) is 31.7 Å². The Bertz CT molecular complexity index is 844. The van der Waals surface area contributed by atoms with Gasteiger partial charge in [0, 0.05) is 44.2 Å². The number of hydrogen-bond donors (Lipinski definition) is 1. The van der Waals surface area contributed by atoms with Crippen LogP contribution in [0.15, 0.2) is 12.1 Å². The topological polar surface area (TPSA) is 97.4 Å². The number of nitrogens with zero attached hydrogens (tertiary/aromatic N) is 2. The molecule has 3 heterocycles. The van der Waals surface area contributed by atoms with Crippen LogP contribution in [0.2, 0.25) is 0 Å². The van der Waals surface area contributed by atoms with E-state index in [1.165, 1.54) is 6.92 Å². The van der Waals surface area contributed by atoms with Crippen molar-refractivity contribution in [1.82, 2.24) is 9.80 Å². The second-order valence-electron chi connectivity index (χ2n) is 8.27. The van der Waals surface area contributed by atoms with Crippen molar-refractivity contribution in [2.75, 3.05) is 58.0 Å². The Morgan fingerprint density at radius 2 is 1.71 bits per heavy atom. The third kappa shape index (κ3) is 5.34. The van der Waals surface area contributed by atoms with Crippen LogP contribution in [0.1, 0.15) is 36.5 Å². The maximum absolute atomic E-state index is 12.6. The van der Waals surface area contributed by atoms with Crippen molar-refractivity contribution in [2.24, 2.45) is 5.92 Å². The van der Waals surface area contributed by atoms with Crippen LogP contribution in [0.5, 0.6) is 11.5 Å². The predicted molar refractivity (Wildman–Crippen MR) is 112 cm³/mol. The van der Waals surface area contributed by atoms with E-state index < -0.39 is 0 Å². The van der Waals surface area contributed by atoms with E-state index in [4.69, 9.17) is 14.2 Å². The Hall–Kier alpha value is -2.65. The Morgan fingerprint density at radius 3 is 2.39 bits per heavy atom. The van der Waals surface area contributed by atoms with Crippen molar-refractivity contribution in [2.45, 2.75) is 26.2 Å². The molecule has 2 amide bonds. The summed E-state index contributed by atoms with van der Waals surface area (Å²) in [6.45, 7) is 6.29. The number of piperidine rings is 1. The van der Waals surface area contributed by atoms with Gasteiger partial charge in [-0.25, -0.2) is 0 Å². The highest BCUT2D eigenvalue weighted by Gasteiger charge is 2.27. The van der Waals surface area contributed by atoms with Crippen molar-refractivity contribution in [1.29, 1.82) is 0 Å². The number of rotatable bonds is 6. The quantitative estimate of drug-likeness (QED) is 0.682. The number of likely N-dealkylation sites (tertiary alicyclic amines) is 1. The average Bonchev–Trinajstić information content (AvgIpc) is 3.21. The van der Waals surface area contributed by atoms with Gasteiger partial charge in [-0.2, -0.15) is 0 Å². The number of Topliss-reactive ketones (excluding diaryl/α,β-unsaturated/α-hetero) is 1. The molecule has 1 aromatic rings. The minimum atomic E-state index is -0.152. The number of morpholine rings is 1. The number of hydrogen-bond acceptors (Lipinski definition) is 7. The van der Waals surface area contributed by atoms with Crippen LogP contribution in [-0.4, -0.2) is 80.1 Å². The molecule has 3 aliphatic rings. The number of ether oxygens (including phenoxy) is 3. The predicted octanol–water partition coefficient (Wildman–Crippen LogP) is 1.52. The second kappa shape index (κ2) is 9.65.